The van der Waals surface area contributed by atoms with Gasteiger partial charge in [-0.05, 0) is 23.6 Å². The third-order valence-electron chi connectivity index (χ3n) is 5.40. The van der Waals surface area contributed by atoms with Crippen molar-refractivity contribution in [2.75, 3.05) is 14.1 Å². The summed E-state index contributed by atoms with van der Waals surface area (Å²) in [5.41, 5.74) is 0.921. The van der Waals surface area contributed by atoms with Crippen LogP contribution >= 0.6 is 0 Å². The molecule has 1 aromatic rings. The van der Waals surface area contributed by atoms with E-state index in [2.05, 4.69) is 0 Å². The number of aryl methyl sites for hydroxylation is 1. The molecule has 22 heavy (non-hydrogen) atoms. The van der Waals surface area contributed by atoms with Crippen molar-refractivity contribution in [3.8, 4) is 0 Å². The van der Waals surface area contributed by atoms with E-state index in [0.29, 0.717) is 0 Å². The van der Waals surface area contributed by atoms with Crippen molar-refractivity contribution < 1.29 is 14.0 Å². The van der Waals surface area contributed by atoms with E-state index in [0.717, 1.165) is 21.6 Å². The number of imide groups is 1. The molecule has 1 aromatic carbocycles. The smallest absolute Gasteiger partial charge is 0.320 e. The Balaban J connectivity index is 2.00. The quantitative estimate of drug-likeness (QED) is 0.690. The van der Waals surface area contributed by atoms with Crippen molar-refractivity contribution in [1.29, 1.82) is 0 Å². The summed E-state index contributed by atoms with van der Waals surface area (Å²) in [5, 5.41) is 0. The number of amides is 3. The third-order valence-corrected chi connectivity index (χ3v) is 5.40. The molecule has 114 valence electrons. The number of benzene rings is 1. The molecule has 5 heteroatoms. The number of hydrogen-bond donors (Lipinski definition) is 0. The van der Waals surface area contributed by atoms with Gasteiger partial charge in [-0.1, -0.05) is 30.4 Å². The van der Waals surface area contributed by atoms with Gasteiger partial charge in [-0.15, -0.1) is 0 Å². The second-order valence-electron chi connectivity index (χ2n) is 6.44. The standard InChI is InChI=1S/C17H17FN2O2/c1-9-5-4-6-10-12-8-7-11(13(9)10)14-17(12,18)15(21)20(3)16(22)19(14)2/h4-8,11-12,14H,1-3H3/t11-,12+,14+,17+/m0/s1. The predicted molar refractivity (Wildman–Crippen MR) is 79.4 cm³/mol. The first-order chi connectivity index (χ1) is 10.4. The van der Waals surface area contributed by atoms with E-state index in [1.807, 2.05) is 31.2 Å². The zero-order chi connectivity index (χ0) is 15.8. The van der Waals surface area contributed by atoms with Crippen molar-refractivity contribution in [3.63, 3.8) is 0 Å². The van der Waals surface area contributed by atoms with Gasteiger partial charge in [0.25, 0.3) is 5.91 Å². The summed E-state index contributed by atoms with van der Waals surface area (Å²) in [4.78, 5) is 27.1. The highest BCUT2D eigenvalue weighted by molar-refractivity contribution is 6.03. The van der Waals surface area contributed by atoms with Gasteiger partial charge in [0.1, 0.15) is 0 Å². The molecule has 0 unspecified atom stereocenters. The van der Waals surface area contributed by atoms with Crippen LogP contribution in [0, 0.1) is 6.92 Å². The first kappa shape index (κ1) is 13.5. The summed E-state index contributed by atoms with van der Waals surface area (Å²) in [5.74, 6) is -1.65. The topological polar surface area (TPSA) is 40.6 Å². The fourth-order valence-corrected chi connectivity index (χ4v) is 4.42. The Bertz CT molecular complexity index is 744. The summed E-state index contributed by atoms with van der Waals surface area (Å²) >= 11 is 0. The van der Waals surface area contributed by atoms with Gasteiger partial charge in [-0.2, -0.15) is 0 Å². The van der Waals surface area contributed by atoms with E-state index in [4.69, 9.17) is 0 Å². The van der Waals surface area contributed by atoms with Gasteiger partial charge in [0.15, 0.2) is 0 Å². The first-order valence-electron chi connectivity index (χ1n) is 7.40. The van der Waals surface area contributed by atoms with Gasteiger partial charge in [-0.3, -0.25) is 9.69 Å². The van der Waals surface area contributed by atoms with Gasteiger partial charge >= 0.3 is 6.03 Å². The molecule has 2 bridgehead atoms. The lowest BCUT2D eigenvalue weighted by molar-refractivity contribution is -0.153. The first-order valence-corrected chi connectivity index (χ1v) is 7.40. The number of carbonyl (C=O) groups excluding carboxylic acids is 2. The Morgan fingerprint density at radius 2 is 1.91 bits per heavy atom. The maximum absolute atomic E-state index is 16.0. The number of carbonyl (C=O) groups is 2. The second kappa shape index (κ2) is 3.97. The molecule has 0 spiro atoms. The molecule has 1 fully saturated rings. The number of halogens is 1. The number of urea groups is 1. The summed E-state index contributed by atoms with van der Waals surface area (Å²) in [6.45, 7) is 1.99. The van der Waals surface area contributed by atoms with Crippen molar-refractivity contribution in [2.24, 2.45) is 0 Å². The maximum atomic E-state index is 16.0. The Kier molecular flexibility index (Phi) is 2.43. The van der Waals surface area contributed by atoms with E-state index < -0.39 is 29.6 Å². The number of nitrogens with zero attached hydrogens (tertiary/aromatic N) is 2. The van der Waals surface area contributed by atoms with E-state index in [9.17, 15) is 9.59 Å². The van der Waals surface area contributed by atoms with Crippen LogP contribution in [0.2, 0.25) is 0 Å². The summed E-state index contributed by atoms with van der Waals surface area (Å²) in [6.07, 6.45) is 3.74. The number of hydrogen-bond acceptors (Lipinski definition) is 2. The van der Waals surface area contributed by atoms with Crippen molar-refractivity contribution >= 4 is 11.9 Å². The molecule has 0 N–H and O–H groups in total. The minimum absolute atomic E-state index is 0.280. The van der Waals surface area contributed by atoms with Crippen LogP contribution in [-0.2, 0) is 4.79 Å². The fourth-order valence-electron chi connectivity index (χ4n) is 4.42. The Morgan fingerprint density at radius 3 is 2.64 bits per heavy atom. The molecule has 5 rings (SSSR count). The number of allylic oxidation sites excluding steroid dienone is 1. The lowest BCUT2D eigenvalue weighted by Gasteiger charge is -2.56. The van der Waals surface area contributed by atoms with Crippen molar-refractivity contribution in [2.45, 2.75) is 30.5 Å². The van der Waals surface area contributed by atoms with Crippen LogP contribution in [0.3, 0.4) is 0 Å². The molecular weight excluding hydrogens is 283 g/mol. The Labute approximate surface area is 128 Å². The lowest BCUT2D eigenvalue weighted by atomic mass is 9.59. The van der Waals surface area contributed by atoms with Gasteiger partial charge in [0.2, 0.25) is 5.67 Å². The highest BCUT2D eigenvalue weighted by Crippen LogP contribution is 2.56. The largest absolute Gasteiger partial charge is 0.326 e. The van der Waals surface area contributed by atoms with Crippen molar-refractivity contribution in [3.05, 3.63) is 47.0 Å². The fraction of sp³-hybridized carbons (Fsp3) is 0.412. The summed E-state index contributed by atoms with van der Waals surface area (Å²) < 4.78 is 16.0. The van der Waals surface area contributed by atoms with Crippen LogP contribution in [0.5, 0.6) is 0 Å². The average molecular weight is 300 g/mol. The average Bonchev–Trinajstić information content (AvgIpc) is 2.51. The monoisotopic (exact) mass is 300 g/mol. The molecule has 0 aromatic heterocycles. The molecule has 4 nitrogen and oxygen atoms in total. The maximum Gasteiger partial charge on any atom is 0.326 e. The molecule has 3 aliphatic carbocycles. The highest BCUT2D eigenvalue weighted by Gasteiger charge is 2.66. The number of rotatable bonds is 0. The Hall–Kier alpha value is -2.17. The molecule has 1 aliphatic heterocycles. The van der Waals surface area contributed by atoms with Crippen LogP contribution in [0.1, 0.15) is 28.5 Å². The lowest BCUT2D eigenvalue weighted by Crippen LogP contribution is -2.72. The van der Waals surface area contributed by atoms with Gasteiger partial charge in [0, 0.05) is 25.9 Å². The second-order valence-corrected chi connectivity index (χ2v) is 6.44. The number of likely N-dealkylation sites (N-methyl/N-ethyl adjacent to an activating group) is 1. The summed E-state index contributed by atoms with van der Waals surface area (Å²) in [7, 11) is 2.93. The van der Waals surface area contributed by atoms with Gasteiger partial charge in [-0.25, -0.2) is 9.18 Å². The molecular formula is C17H17FN2O2. The molecule has 4 aliphatic rings. The highest BCUT2D eigenvalue weighted by atomic mass is 19.1. The predicted octanol–water partition coefficient (Wildman–Crippen LogP) is 2.35. The van der Waals surface area contributed by atoms with Crippen LogP contribution in [0.25, 0.3) is 0 Å². The molecule has 3 amide bonds. The summed E-state index contributed by atoms with van der Waals surface area (Å²) in [6, 6.07) is 4.57. The van der Waals surface area contributed by atoms with E-state index in [-0.39, 0.29) is 5.92 Å². The zero-order valence-corrected chi connectivity index (χ0v) is 12.7. The normalized spacial score (nSPS) is 35.7. The van der Waals surface area contributed by atoms with Gasteiger partial charge < -0.3 is 4.90 Å². The molecule has 4 atom stereocenters. The van der Waals surface area contributed by atoms with E-state index in [1.165, 1.54) is 11.9 Å². The number of alkyl halides is 1. The van der Waals surface area contributed by atoms with Gasteiger partial charge in [0.05, 0.1) is 6.04 Å². The van der Waals surface area contributed by atoms with Crippen LogP contribution in [0.4, 0.5) is 9.18 Å². The van der Waals surface area contributed by atoms with Crippen LogP contribution in [-0.4, -0.2) is 47.5 Å². The van der Waals surface area contributed by atoms with E-state index >= 15 is 4.39 Å². The zero-order valence-electron chi connectivity index (χ0n) is 12.7. The molecule has 0 radical (unpaired) electrons. The minimum atomic E-state index is -2.09. The third kappa shape index (κ3) is 1.28. The minimum Gasteiger partial charge on any atom is -0.320 e. The van der Waals surface area contributed by atoms with Crippen LogP contribution in [0.15, 0.2) is 30.4 Å². The molecule has 0 saturated carbocycles. The molecule has 1 heterocycles. The van der Waals surface area contributed by atoms with Crippen LogP contribution < -0.4 is 0 Å². The van der Waals surface area contributed by atoms with Crippen molar-refractivity contribution in [1.82, 2.24) is 9.80 Å². The SMILES string of the molecule is Cc1cccc2c1[C@@H]1C=C[C@H]2[C@]2(F)C(=O)N(C)C(=O)N(C)[C@H]12. The molecule has 1 saturated heterocycles. The Morgan fingerprint density at radius 1 is 1.18 bits per heavy atom. The van der Waals surface area contributed by atoms with E-state index in [1.54, 1.807) is 13.1 Å².